The van der Waals surface area contributed by atoms with Crippen molar-refractivity contribution in [3.8, 4) is 5.75 Å². The van der Waals surface area contributed by atoms with Crippen molar-refractivity contribution in [2.75, 3.05) is 33.3 Å². The Bertz CT molecular complexity index is 536. The molecule has 0 atom stereocenters. The molecule has 3 rings (SSSR count). The highest BCUT2D eigenvalue weighted by Crippen LogP contribution is 2.26. The molecule has 0 aromatic heterocycles. The Kier molecular flexibility index (Phi) is 4.67. The van der Waals surface area contributed by atoms with Crippen LogP contribution >= 0.6 is 0 Å². The molecule has 1 saturated heterocycles. The molecular formula is C18H26N2O2. The summed E-state index contributed by atoms with van der Waals surface area (Å²) in [6, 6.07) is 7.04. The lowest BCUT2D eigenvalue weighted by Gasteiger charge is -2.36. The first-order valence-corrected chi connectivity index (χ1v) is 8.34. The minimum Gasteiger partial charge on any atom is -0.493 e. The molecule has 0 spiro atoms. The third-order valence-corrected chi connectivity index (χ3v) is 5.07. The van der Waals surface area contributed by atoms with Gasteiger partial charge in [-0.2, -0.15) is 0 Å². The van der Waals surface area contributed by atoms with E-state index in [9.17, 15) is 4.79 Å². The van der Waals surface area contributed by atoms with Gasteiger partial charge in [0.2, 0.25) is 5.91 Å². The molecule has 1 aromatic rings. The van der Waals surface area contributed by atoms with Crippen molar-refractivity contribution >= 4 is 5.91 Å². The predicted molar refractivity (Wildman–Crippen MR) is 87.3 cm³/mol. The second-order valence-electron chi connectivity index (χ2n) is 6.49. The van der Waals surface area contributed by atoms with Crippen molar-refractivity contribution < 1.29 is 9.53 Å². The van der Waals surface area contributed by atoms with Crippen LogP contribution in [0.5, 0.6) is 5.75 Å². The smallest absolute Gasteiger partial charge is 0.219 e. The van der Waals surface area contributed by atoms with E-state index < -0.39 is 0 Å². The van der Waals surface area contributed by atoms with Gasteiger partial charge in [0.25, 0.3) is 0 Å². The fourth-order valence-corrected chi connectivity index (χ4v) is 3.47. The van der Waals surface area contributed by atoms with Gasteiger partial charge in [0.05, 0.1) is 6.61 Å². The van der Waals surface area contributed by atoms with Crippen molar-refractivity contribution in [3.05, 3.63) is 29.3 Å². The first-order chi connectivity index (χ1) is 10.6. The topological polar surface area (TPSA) is 32.8 Å². The molecule has 22 heavy (non-hydrogen) atoms. The first-order valence-electron chi connectivity index (χ1n) is 8.34. The third-order valence-electron chi connectivity index (χ3n) is 5.07. The van der Waals surface area contributed by atoms with E-state index in [0.29, 0.717) is 6.04 Å². The predicted octanol–water partition coefficient (Wildman–Crippen LogP) is 2.11. The summed E-state index contributed by atoms with van der Waals surface area (Å²) in [6.07, 6.45) is 4.33. The number of carbonyl (C=O) groups excluding carboxylic acids is 1. The largest absolute Gasteiger partial charge is 0.493 e. The zero-order valence-electron chi connectivity index (χ0n) is 13.7. The quantitative estimate of drug-likeness (QED) is 0.854. The molecular weight excluding hydrogens is 276 g/mol. The fourth-order valence-electron chi connectivity index (χ4n) is 3.47. The Morgan fingerprint density at radius 3 is 2.86 bits per heavy atom. The number of amides is 1. The maximum Gasteiger partial charge on any atom is 0.219 e. The van der Waals surface area contributed by atoms with E-state index in [1.807, 2.05) is 11.9 Å². The van der Waals surface area contributed by atoms with E-state index in [1.165, 1.54) is 11.1 Å². The van der Waals surface area contributed by atoms with E-state index in [0.717, 1.165) is 57.7 Å². The van der Waals surface area contributed by atoms with Gasteiger partial charge in [0.1, 0.15) is 5.75 Å². The Morgan fingerprint density at radius 2 is 2.14 bits per heavy atom. The van der Waals surface area contributed by atoms with Crippen molar-refractivity contribution in [1.82, 2.24) is 9.80 Å². The van der Waals surface area contributed by atoms with Crippen molar-refractivity contribution in [2.24, 2.45) is 0 Å². The van der Waals surface area contributed by atoms with Gasteiger partial charge in [0.15, 0.2) is 0 Å². The van der Waals surface area contributed by atoms with Crippen LogP contribution in [0, 0.1) is 0 Å². The summed E-state index contributed by atoms with van der Waals surface area (Å²) in [7, 11) is 1.93. The molecule has 1 aromatic carbocycles. The summed E-state index contributed by atoms with van der Waals surface area (Å²) < 4.78 is 5.56. The number of benzene rings is 1. The third kappa shape index (κ3) is 3.43. The molecule has 0 saturated carbocycles. The Hall–Kier alpha value is -1.55. The number of carbonyl (C=O) groups is 1. The number of rotatable bonds is 4. The van der Waals surface area contributed by atoms with E-state index in [1.54, 1.807) is 6.92 Å². The molecule has 2 aliphatic heterocycles. The lowest BCUT2D eigenvalue weighted by atomic mass is 10.0. The van der Waals surface area contributed by atoms with Crippen LogP contribution in [0.1, 0.15) is 30.9 Å². The number of ether oxygens (including phenoxy) is 1. The maximum absolute atomic E-state index is 11.4. The van der Waals surface area contributed by atoms with E-state index in [2.05, 4.69) is 23.1 Å². The second-order valence-corrected chi connectivity index (χ2v) is 6.49. The lowest BCUT2D eigenvalue weighted by Crippen LogP contribution is -2.45. The Balaban J connectivity index is 1.46. The molecule has 120 valence electrons. The summed E-state index contributed by atoms with van der Waals surface area (Å²) >= 11 is 0. The summed E-state index contributed by atoms with van der Waals surface area (Å²) in [4.78, 5) is 15.9. The van der Waals surface area contributed by atoms with E-state index >= 15 is 0 Å². The van der Waals surface area contributed by atoms with Crippen LogP contribution in [0.25, 0.3) is 0 Å². The van der Waals surface area contributed by atoms with Crippen LogP contribution in [0.15, 0.2) is 18.2 Å². The van der Waals surface area contributed by atoms with Crippen LogP contribution in [-0.4, -0.2) is 55.0 Å². The van der Waals surface area contributed by atoms with Crippen LogP contribution in [0.2, 0.25) is 0 Å². The summed E-state index contributed by atoms with van der Waals surface area (Å²) in [5.74, 6) is 1.25. The van der Waals surface area contributed by atoms with Gasteiger partial charge >= 0.3 is 0 Å². The molecule has 2 heterocycles. The van der Waals surface area contributed by atoms with Gasteiger partial charge in [-0.1, -0.05) is 12.1 Å². The number of piperidine rings is 1. The van der Waals surface area contributed by atoms with Crippen LogP contribution in [0.4, 0.5) is 0 Å². The Morgan fingerprint density at radius 1 is 1.36 bits per heavy atom. The SMILES string of the molecule is CC(=O)N(C)C1CCN(CCc2ccc3c(c2)CCO3)CC1. The first kappa shape index (κ1) is 15.3. The van der Waals surface area contributed by atoms with Crippen LogP contribution in [-0.2, 0) is 17.6 Å². The highest BCUT2D eigenvalue weighted by molar-refractivity contribution is 5.73. The van der Waals surface area contributed by atoms with E-state index in [-0.39, 0.29) is 5.91 Å². The molecule has 0 bridgehead atoms. The van der Waals surface area contributed by atoms with Crippen molar-refractivity contribution in [2.45, 2.75) is 38.6 Å². The van der Waals surface area contributed by atoms with Crippen LogP contribution < -0.4 is 4.74 Å². The van der Waals surface area contributed by atoms with Crippen molar-refractivity contribution in [1.29, 1.82) is 0 Å². The van der Waals surface area contributed by atoms with Gasteiger partial charge in [0, 0.05) is 46.1 Å². The monoisotopic (exact) mass is 302 g/mol. The maximum atomic E-state index is 11.4. The van der Waals surface area contributed by atoms with Gasteiger partial charge in [-0.25, -0.2) is 0 Å². The van der Waals surface area contributed by atoms with Gasteiger partial charge in [-0.15, -0.1) is 0 Å². The minimum absolute atomic E-state index is 0.179. The number of hydrogen-bond acceptors (Lipinski definition) is 3. The molecule has 0 aliphatic carbocycles. The molecule has 4 nitrogen and oxygen atoms in total. The average molecular weight is 302 g/mol. The lowest BCUT2D eigenvalue weighted by molar-refractivity contribution is -0.130. The molecule has 4 heteroatoms. The second kappa shape index (κ2) is 6.69. The fraction of sp³-hybridized carbons (Fsp3) is 0.611. The molecule has 2 aliphatic rings. The molecule has 0 radical (unpaired) electrons. The zero-order chi connectivity index (χ0) is 15.5. The van der Waals surface area contributed by atoms with Gasteiger partial charge in [-0.05, 0) is 36.5 Å². The number of hydrogen-bond donors (Lipinski definition) is 0. The highest BCUT2D eigenvalue weighted by atomic mass is 16.5. The number of likely N-dealkylation sites (tertiary alicyclic amines) is 1. The molecule has 1 fully saturated rings. The van der Waals surface area contributed by atoms with Gasteiger partial charge < -0.3 is 14.5 Å². The Labute approximate surface area is 133 Å². The van der Waals surface area contributed by atoms with E-state index in [4.69, 9.17) is 4.74 Å². The summed E-state index contributed by atoms with van der Waals surface area (Å²) in [5, 5.41) is 0. The molecule has 0 N–H and O–H groups in total. The number of nitrogens with zero attached hydrogens (tertiary/aromatic N) is 2. The minimum atomic E-state index is 0.179. The highest BCUT2D eigenvalue weighted by Gasteiger charge is 2.23. The standard InChI is InChI=1S/C18H26N2O2/c1-14(21)19(2)17-6-10-20(11-7-17)9-5-15-3-4-18-16(13-15)8-12-22-18/h3-4,13,17H,5-12H2,1-2H3. The molecule has 1 amide bonds. The van der Waals surface area contributed by atoms with Crippen LogP contribution in [0.3, 0.4) is 0 Å². The molecule has 0 unspecified atom stereocenters. The number of fused-ring (bicyclic) bond motifs is 1. The zero-order valence-corrected chi connectivity index (χ0v) is 13.7. The average Bonchev–Trinajstić information content (AvgIpc) is 3.00. The van der Waals surface area contributed by atoms with Crippen molar-refractivity contribution in [3.63, 3.8) is 0 Å². The summed E-state index contributed by atoms with van der Waals surface area (Å²) in [5.41, 5.74) is 2.77. The normalized spacial score (nSPS) is 18.8. The van der Waals surface area contributed by atoms with Gasteiger partial charge in [-0.3, -0.25) is 4.79 Å². The summed E-state index contributed by atoms with van der Waals surface area (Å²) in [6.45, 7) is 5.78.